The lowest BCUT2D eigenvalue weighted by atomic mass is 10.1. The zero-order chi connectivity index (χ0) is 18.6. The molecule has 0 saturated heterocycles. The van der Waals surface area contributed by atoms with Gasteiger partial charge in [-0.2, -0.15) is 0 Å². The summed E-state index contributed by atoms with van der Waals surface area (Å²) in [5.74, 6) is 0.0742. The molecule has 0 aromatic carbocycles. The van der Waals surface area contributed by atoms with Crippen molar-refractivity contribution in [2.24, 2.45) is 0 Å². The van der Waals surface area contributed by atoms with E-state index in [1.54, 1.807) is 7.05 Å². The van der Waals surface area contributed by atoms with Gasteiger partial charge in [-0.05, 0) is 38.5 Å². The van der Waals surface area contributed by atoms with Gasteiger partial charge in [-0.3, -0.25) is 9.63 Å². The molecule has 0 spiro atoms. The van der Waals surface area contributed by atoms with Crippen molar-refractivity contribution in [1.29, 1.82) is 0 Å². The summed E-state index contributed by atoms with van der Waals surface area (Å²) >= 11 is 0. The van der Waals surface area contributed by atoms with Crippen molar-refractivity contribution in [1.82, 2.24) is 5.06 Å². The number of hydrogen-bond acceptors (Lipinski definition) is 2. The molecule has 25 heavy (non-hydrogen) atoms. The van der Waals surface area contributed by atoms with E-state index in [2.05, 4.69) is 31.2 Å². The van der Waals surface area contributed by atoms with Crippen LogP contribution in [0.2, 0.25) is 0 Å². The van der Waals surface area contributed by atoms with Crippen LogP contribution in [0.4, 0.5) is 0 Å². The molecule has 3 heteroatoms. The molecule has 0 aliphatic carbocycles. The number of rotatable bonds is 17. The second-order valence-corrected chi connectivity index (χ2v) is 6.76. The normalized spacial score (nSPS) is 11.6. The van der Waals surface area contributed by atoms with Gasteiger partial charge >= 0.3 is 0 Å². The quantitative estimate of drug-likeness (QED) is 0.168. The lowest BCUT2D eigenvalue weighted by Crippen LogP contribution is -2.24. The highest BCUT2D eigenvalue weighted by atomic mass is 16.7. The number of hydroxylamine groups is 2. The minimum absolute atomic E-state index is 0.0742. The average Bonchev–Trinajstić information content (AvgIpc) is 2.63. The lowest BCUT2D eigenvalue weighted by Gasteiger charge is -2.12. The van der Waals surface area contributed by atoms with Gasteiger partial charge in [-0.1, -0.05) is 76.2 Å². The first-order valence-corrected chi connectivity index (χ1v) is 10.3. The van der Waals surface area contributed by atoms with Crippen molar-refractivity contribution in [3.05, 3.63) is 24.3 Å². The van der Waals surface area contributed by atoms with Gasteiger partial charge in [0.1, 0.15) is 0 Å². The molecule has 0 aliphatic rings. The van der Waals surface area contributed by atoms with Crippen LogP contribution in [0.25, 0.3) is 0 Å². The van der Waals surface area contributed by atoms with Gasteiger partial charge in [0.2, 0.25) is 5.91 Å². The summed E-state index contributed by atoms with van der Waals surface area (Å²) in [4.78, 5) is 16.4. The van der Waals surface area contributed by atoms with Crippen molar-refractivity contribution < 1.29 is 9.63 Å². The van der Waals surface area contributed by atoms with Crippen molar-refractivity contribution >= 4 is 5.91 Å². The molecule has 0 fully saturated rings. The molecule has 0 bridgehead atoms. The van der Waals surface area contributed by atoms with Crippen molar-refractivity contribution in [2.75, 3.05) is 14.2 Å². The molecule has 0 radical (unpaired) electrons. The van der Waals surface area contributed by atoms with Gasteiger partial charge in [0, 0.05) is 13.5 Å². The SMILES string of the molecule is CCCCCC=CCC=CCCCCCCCCCC(=O)N(C)OC. The Morgan fingerprint density at radius 1 is 0.800 bits per heavy atom. The minimum Gasteiger partial charge on any atom is -0.275 e. The zero-order valence-electron chi connectivity index (χ0n) is 17.0. The van der Waals surface area contributed by atoms with Gasteiger partial charge < -0.3 is 0 Å². The van der Waals surface area contributed by atoms with Gasteiger partial charge in [0.05, 0.1) is 7.11 Å². The van der Waals surface area contributed by atoms with Crippen molar-refractivity contribution in [2.45, 2.75) is 96.8 Å². The third-order valence-corrected chi connectivity index (χ3v) is 4.47. The van der Waals surface area contributed by atoms with Crippen molar-refractivity contribution in [3.8, 4) is 0 Å². The van der Waals surface area contributed by atoms with E-state index in [9.17, 15) is 4.79 Å². The smallest absolute Gasteiger partial charge is 0.245 e. The molecule has 3 nitrogen and oxygen atoms in total. The second kappa shape index (κ2) is 19.2. The number of allylic oxidation sites excluding steroid dienone is 4. The van der Waals surface area contributed by atoms with Crippen LogP contribution in [0, 0.1) is 0 Å². The van der Waals surface area contributed by atoms with Gasteiger partial charge in [-0.25, -0.2) is 5.06 Å². The Kier molecular flexibility index (Phi) is 18.4. The van der Waals surface area contributed by atoms with Crippen LogP contribution in [0.1, 0.15) is 96.8 Å². The molecule has 0 atom stereocenters. The molecular weight excluding hydrogens is 310 g/mol. The topological polar surface area (TPSA) is 29.5 Å². The maximum Gasteiger partial charge on any atom is 0.245 e. The number of nitrogens with zero attached hydrogens (tertiary/aromatic N) is 1. The third kappa shape index (κ3) is 17.5. The van der Waals surface area contributed by atoms with Gasteiger partial charge in [0.15, 0.2) is 0 Å². The fourth-order valence-electron chi connectivity index (χ4n) is 2.70. The summed E-state index contributed by atoms with van der Waals surface area (Å²) in [6.07, 6.45) is 25.9. The van der Waals surface area contributed by atoms with Crippen LogP contribution in [0.3, 0.4) is 0 Å². The fraction of sp³-hybridized carbons (Fsp3) is 0.773. The first-order chi connectivity index (χ1) is 12.2. The third-order valence-electron chi connectivity index (χ3n) is 4.47. The Hall–Kier alpha value is -1.09. The van der Waals surface area contributed by atoms with E-state index >= 15 is 0 Å². The van der Waals surface area contributed by atoms with E-state index in [4.69, 9.17) is 4.84 Å². The molecule has 0 aliphatic heterocycles. The average molecular weight is 352 g/mol. The van der Waals surface area contributed by atoms with Crippen molar-refractivity contribution in [3.63, 3.8) is 0 Å². The number of hydrogen-bond donors (Lipinski definition) is 0. The highest BCUT2D eigenvalue weighted by molar-refractivity contribution is 5.74. The molecule has 0 aromatic heterocycles. The fourth-order valence-corrected chi connectivity index (χ4v) is 2.70. The Morgan fingerprint density at radius 2 is 1.32 bits per heavy atom. The summed E-state index contributed by atoms with van der Waals surface area (Å²) in [5, 5.41) is 1.32. The summed E-state index contributed by atoms with van der Waals surface area (Å²) in [6, 6.07) is 0. The molecule has 0 N–H and O–H groups in total. The standard InChI is InChI=1S/C22H41NO2/c1-4-5-6-7-8-9-10-11-12-13-14-15-16-17-18-19-20-21-22(24)23(2)25-3/h8-9,11-12H,4-7,10,13-21H2,1-3H3. The summed E-state index contributed by atoms with van der Waals surface area (Å²) in [5.41, 5.74) is 0. The van der Waals surface area contributed by atoms with Gasteiger partial charge in [-0.15, -0.1) is 0 Å². The van der Waals surface area contributed by atoms with Gasteiger partial charge in [0.25, 0.3) is 0 Å². The summed E-state index contributed by atoms with van der Waals surface area (Å²) in [7, 11) is 3.19. The molecule has 1 amide bonds. The zero-order valence-corrected chi connectivity index (χ0v) is 17.0. The highest BCUT2D eigenvalue weighted by Gasteiger charge is 2.06. The molecule has 0 aromatic rings. The number of unbranched alkanes of at least 4 members (excludes halogenated alkanes) is 10. The van der Waals surface area contributed by atoms with E-state index in [1.807, 2.05) is 0 Å². The monoisotopic (exact) mass is 351 g/mol. The van der Waals surface area contributed by atoms with Crippen LogP contribution in [-0.4, -0.2) is 25.1 Å². The molecule has 0 rings (SSSR count). The van der Waals surface area contributed by atoms with E-state index in [-0.39, 0.29) is 5.91 Å². The maximum atomic E-state index is 11.5. The summed E-state index contributed by atoms with van der Waals surface area (Å²) < 4.78 is 0. The highest BCUT2D eigenvalue weighted by Crippen LogP contribution is 2.10. The Balaban J connectivity index is 3.25. The second-order valence-electron chi connectivity index (χ2n) is 6.76. The first kappa shape index (κ1) is 23.9. The number of carbonyl (C=O) groups excluding carboxylic acids is 1. The number of amides is 1. The Morgan fingerprint density at radius 3 is 1.88 bits per heavy atom. The largest absolute Gasteiger partial charge is 0.275 e. The Labute approximate surface area is 156 Å². The van der Waals surface area contributed by atoms with E-state index in [1.165, 1.54) is 76.4 Å². The molecule has 0 saturated carbocycles. The van der Waals surface area contributed by atoms with Crippen LogP contribution < -0.4 is 0 Å². The molecule has 0 unspecified atom stereocenters. The molecular formula is C22H41NO2. The van der Waals surface area contributed by atoms with Crippen LogP contribution in [0.5, 0.6) is 0 Å². The maximum absolute atomic E-state index is 11.5. The summed E-state index contributed by atoms with van der Waals surface area (Å²) in [6.45, 7) is 2.25. The molecule has 0 heterocycles. The van der Waals surface area contributed by atoms with E-state index in [0.717, 1.165) is 19.3 Å². The van der Waals surface area contributed by atoms with E-state index in [0.29, 0.717) is 6.42 Å². The molecule has 146 valence electrons. The first-order valence-electron chi connectivity index (χ1n) is 10.3. The minimum atomic E-state index is 0.0742. The Bertz CT molecular complexity index is 350. The predicted molar refractivity (Wildman–Crippen MR) is 108 cm³/mol. The lowest BCUT2D eigenvalue weighted by molar-refractivity contribution is -0.168. The van der Waals surface area contributed by atoms with Crippen LogP contribution >= 0.6 is 0 Å². The van der Waals surface area contributed by atoms with Crippen LogP contribution in [0.15, 0.2) is 24.3 Å². The van der Waals surface area contributed by atoms with E-state index < -0.39 is 0 Å². The number of carbonyl (C=O) groups is 1. The predicted octanol–water partition coefficient (Wildman–Crippen LogP) is 6.60. The van der Waals surface area contributed by atoms with Crippen LogP contribution in [-0.2, 0) is 9.63 Å².